The predicted octanol–water partition coefficient (Wildman–Crippen LogP) is 4.47. The number of aromatic nitrogens is 3. The maximum atomic E-state index is 14.4. The summed E-state index contributed by atoms with van der Waals surface area (Å²) >= 11 is 0. The van der Waals surface area contributed by atoms with Gasteiger partial charge in [0.2, 0.25) is 0 Å². The molecule has 1 amide bonds. The Hall–Kier alpha value is -3.63. The third kappa shape index (κ3) is 4.67. The van der Waals surface area contributed by atoms with Gasteiger partial charge in [-0.1, -0.05) is 17.3 Å². The lowest BCUT2D eigenvalue weighted by molar-refractivity contribution is 0.102. The van der Waals surface area contributed by atoms with Crippen molar-refractivity contribution in [2.75, 3.05) is 23.3 Å². The van der Waals surface area contributed by atoms with Crippen LogP contribution in [0.25, 0.3) is 22.4 Å². The number of carbonyl (C=O) groups excluding carboxylic acids is 1. The maximum Gasteiger partial charge on any atom is 0.274 e. The number of nitrogens with one attached hydrogen (secondary N) is 1. The smallest absolute Gasteiger partial charge is 0.274 e. The SMILES string of the molecule is Cc1noc2ncc(NC(=O)c3ccc(F)c(-c4ccccc4F)n3)c(N3CCC[C@H](N)C3)c12.Cl. The van der Waals surface area contributed by atoms with Crippen LogP contribution < -0.4 is 16.0 Å². The highest BCUT2D eigenvalue weighted by Gasteiger charge is 2.26. The molecule has 1 fully saturated rings. The third-order valence-corrected chi connectivity index (χ3v) is 5.88. The van der Waals surface area contributed by atoms with E-state index in [-0.39, 0.29) is 35.4 Å². The van der Waals surface area contributed by atoms with Crippen LogP contribution in [0, 0.1) is 18.6 Å². The van der Waals surface area contributed by atoms with Crippen LogP contribution >= 0.6 is 12.4 Å². The summed E-state index contributed by atoms with van der Waals surface area (Å²) in [7, 11) is 0. The summed E-state index contributed by atoms with van der Waals surface area (Å²) in [6.07, 6.45) is 3.29. The molecule has 4 heterocycles. The summed E-state index contributed by atoms with van der Waals surface area (Å²) in [4.78, 5) is 23.6. The Morgan fingerprint density at radius 1 is 1.20 bits per heavy atom. The number of rotatable bonds is 4. The molecular weight excluding hydrogens is 478 g/mol. The van der Waals surface area contributed by atoms with Gasteiger partial charge >= 0.3 is 0 Å². The quantitative estimate of drug-likeness (QED) is 0.425. The topological polar surface area (TPSA) is 110 Å². The van der Waals surface area contributed by atoms with E-state index in [2.05, 4.69) is 25.3 Å². The van der Waals surface area contributed by atoms with E-state index >= 15 is 0 Å². The van der Waals surface area contributed by atoms with Gasteiger partial charge in [0.25, 0.3) is 11.6 Å². The van der Waals surface area contributed by atoms with Crippen LogP contribution in [0.5, 0.6) is 0 Å². The summed E-state index contributed by atoms with van der Waals surface area (Å²) in [6, 6.07) is 8.03. The molecule has 3 aromatic heterocycles. The number of nitrogens with two attached hydrogens (primary N) is 1. The normalized spacial score (nSPS) is 15.7. The number of piperidine rings is 1. The molecule has 0 spiro atoms. The van der Waals surface area contributed by atoms with E-state index in [1.54, 1.807) is 13.0 Å². The molecule has 35 heavy (non-hydrogen) atoms. The van der Waals surface area contributed by atoms with Gasteiger partial charge in [0, 0.05) is 24.7 Å². The number of halogens is 3. The average Bonchev–Trinajstić information content (AvgIpc) is 3.20. The number of carbonyl (C=O) groups is 1. The van der Waals surface area contributed by atoms with Crippen LogP contribution in [0.3, 0.4) is 0 Å². The number of aryl methyl sites for hydroxylation is 1. The first kappa shape index (κ1) is 24.5. The highest BCUT2D eigenvalue weighted by Crippen LogP contribution is 2.37. The Balaban J connectivity index is 0.00000289. The summed E-state index contributed by atoms with van der Waals surface area (Å²) in [5.41, 5.74) is 7.99. The zero-order valence-corrected chi connectivity index (χ0v) is 19.6. The van der Waals surface area contributed by atoms with E-state index in [0.717, 1.165) is 25.5 Å². The first-order chi connectivity index (χ1) is 16.4. The molecule has 0 saturated carbocycles. The number of fused-ring (bicyclic) bond motifs is 1. The van der Waals surface area contributed by atoms with E-state index in [4.69, 9.17) is 10.3 Å². The second-order valence-corrected chi connectivity index (χ2v) is 8.28. The molecule has 1 saturated heterocycles. The molecule has 182 valence electrons. The minimum absolute atomic E-state index is 0. The maximum absolute atomic E-state index is 14.4. The summed E-state index contributed by atoms with van der Waals surface area (Å²) in [5.74, 6) is -1.95. The molecule has 11 heteroatoms. The van der Waals surface area contributed by atoms with Crippen LogP contribution in [0.4, 0.5) is 20.2 Å². The van der Waals surface area contributed by atoms with Gasteiger partial charge in [-0.05, 0) is 44.0 Å². The highest BCUT2D eigenvalue weighted by atomic mass is 35.5. The van der Waals surface area contributed by atoms with Crippen molar-refractivity contribution in [1.82, 2.24) is 15.1 Å². The lowest BCUT2D eigenvalue weighted by Gasteiger charge is -2.34. The number of anilines is 2. The van der Waals surface area contributed by atoms with Crippen LogP contribution in [0.2, 0.25) is 0 Å². The van der Waals surface area contributed by atoms with Crippen molar-refractivity contribution < 1.29 is 18.1 Å². The van der Waals surface area contributed by atoms with Crippen molar-refractivity contribution >= 4 is 40.8 Å². The van der Waals surface area contributed by atoms with E-state index in [9.17, 15) is 13.6 Å². The standard InChI is InChI=1S/C24H22F2N6O2.ClH/c1-13-20-22(32-10-4-5-14(27)12-32)19(11-28-24(20)34-31-13)30-23(33)18-9-8-17(26)21(29-18)15-6-2-3-7-16(15)25;/h2-3,6-9,11,14H,4-5,10,12,27H2,1H3,(H,30,33);1H/t14-;/m0./s1. The van der Waals surface area contributed by atoms with Gasteiger partial charge in [-0.15, -0.1) is 12.4 Å². The number of hydrogen-bond acceptors (Lipinski definition) is 7. The van der Waals surface area contributed by atoms with Crippen LogP contribution in [-0.4, -0.2) is 40.2 Å². The van der Waals surface area contributed by atoms with Crippen molar-refractivity contribution in [2.24, 2.45) is 5.73 Å². The number of amides is 1. The fourth-order valence-corrected chi connectivity index (χ4v) is 4.27. The molecule has 1 aliphatic rings. The van der Waals surface area contributed by atoms with Gasteiger partial charge in [0.05, 0.1) is 28.7 Å². The fourth-order valence-electron chi connectivity index (χ4n) is 4.27. The van der Waals surface area contributed by atoms with E-state index < -0.39 is 17.5 Å². The fraction of sp³-hybridized carbons (Fsp3) is 0.250. The Morgan fingerprint density at radius 2 is 2.00 bits per heavy atom. The van der Waals surface area contributed by atoms with Gasteiger partial charge in [-0.3, -0.25) is 4.79 Å². The molecule has 3 N–H and O–H groups in total. The van der Waals surface area contributed by atoms with Crippen LogP contribution in [0.15, 0.2) is 47.1 Å². The first-order valence-electron chi connectivity index (χ1n) is 10.9. The Bertz CT molecular complexity index is 1400. The number of benzene rings is 1. The molecule has 1 atom stereocenters. The molecule has 8 nitrogen and oxygen atoms in total. The monoisotopic (exact) mass is 500 g/mol. The molecule has 0 unspecified atom stereocenters. The Labute approximate surface area is 205 Å². The van der Waals surface area contributed by atoms with Crippen LogP contribution in [0.1, 0.15) is 29.0 Å². The molecule has 1 aliphatic heterocycles. The minimum Gasteiger partial charge on any atom is -0.368 e. The first-order valence-corrected chi connectivity index (χ1v) is 10.9. The molecule has 4 aromatic rings. The second-order valence-electron chi connectivity index (χ2n) is 8.28. The Kier molecular flexibility index (Phi) is 6.95. The minimum atomic E-state index is -0.729. The number of hydrogen-bond donors (Lipinski definition) is 2. The summed E-state index contributed by atoms with van der Waals surface area (Å²) in [5, 5.41) is 7.53. The summed E-state index contributed by atoms with van der Waals surface area (Å²) in [6.45, 7) is 3.14. The van der Waals surface area contributed by atoms with Crippen molar-refractivity contribution in [1.29, 1.82) is 0 Å². The second kappa shape index (κ2) is 9.93. The molecular formula is C24H23ClF2N6O2. The average molecular weight is 501 g/mol. The number of pyridine rings is 2. The van der Waals surface area contributed by atoms with Gasteiger partial charge in [-0.2, -0.15) is 0 Å². The molecule has 1 aromatic carbocycles. The molecule has 0 bridgehead atoms. The van der Waals surface area contributed by atoms with Gasteiger partial charge in [0.1, 0.15) is 23.0 Å². The van der Waals surface area contributed by atoms with E-state index in [0.29, 0.717) is 34.7 Å². The van der Waals surface area contributed by atoms with Crippen molar-refractivity contribution in [3.05, 3.63) is 65.6 Å². The van der Waals surface area contributed by atoms with Crippen LogP contribution in [-0.2, 0) is 0 Å². The molecule has 0 radical (unpaired) electrons. The van der Waals surface area contributed by atoms with Gasteiger partial charge < -0.3 is 20.5 Å². The zero-order chi connectivity index (χ0) is 23.8. The van der Waals surface area contributed by atoms with Crippen molar-refractivity contribution in [3.63, 3.8) is 0 Å². The predicted molar refractivity (Wildman–Crippen MR) is 131 cm³/mol. The van der Waals surface area contributed by atoms with Crippen molar-refractivity contribution in [3.8, 4) is 11.3 Å². The Morgan fingerprint density at radius 3 is 2.77 bits per heavy atom. The molecule has 5 rings (SSSR count). The highest BCUT2D eigenvalue weighted by molar-refractivity contribution is 6.08. The van der Waals surface area contributed by atoms with E-state index in [1.165, 1.54) is 30.5 Å². The third-order valence-electron chi connectivity index (χ3n) is 5.88. The van der Waals surface area contributed by atoms with Gasteiger partial charge in [-0.25, -0.2) is 18.7 Å². The van der Waals surface area contributed by atoms with Crippen molar-refractivity contribution in [2.45, 2.75) is 25.8 Å². The summed E-state index contributed by atoms with van der Waals surface area (Å²) < 4.78 is 34.0. The largest absolute Gasteiger partial charge is 0.368 e. The van der Waals surface area contributed by atoms with E-state index in [1.807, 2.05) is 0 Å². The molecule has 0 aliphatic carbocycles. The lowest BCUT2D eigenvalue weighted by Crippen LogP contribution is -2.43. The number of nitrogens with zero attached hydrogens (tertiary/aromatic N) is 4. The zero-order valence-electron chi connectivity index (χ0n) is 18.8. The van der Waals surface area contributed by atoms with Gasteiger partial charge in [0.15, 0.2) is 0 Å². The lowest BCUT2D eigenvalue weighted by atomic mass is 10.0.